The molecule has 0 saturated heterocycles. The number of para-hydroxylation sites is 2. The maximum atomic E-state index is 12.3. The van der Waals surface area contributed by atoms with Crippen molar-refractivity contribution in [2.45, 2.75) is 6.54 Å². The first-order valence-corrected chi connectivity index (χ1v) is 7.24. The molecule has 0 fully saturated rings. The van der Waals surface area contributed by atoms with E-state index in [-0.39, 0.29) is 6.54 Å². The van der Waals surface area contributed by atoms with Gasteiger partial charge in [-0.05, 0) is 24.3 Å². The fourth-order valence-electron chi connectivity index (χ4n) is 2.42. The van der Waals surface area contributed by atoms with Crippen molar-refractivity contribution < 1.29 is 9.53 Å². The van der Waals surface area contributed by atoms with Crippen LogP contribution < -0.4 is 21.2 Å². The number of anilines is 1. The number of nitrogens with one attached hydrogen (secondary N) is 2. The monoisotopic (exact) mass is 325 g/mol. The molecule has 2 aromatic carbocycles. The number of rotatable bonds is 4. The third kappa shape index (κ3) is 3.05. The molecule has 0 radical (unpaired) electrons. The van der Waals surface area contributed by atoms with Crippen LogP contribution in [0.5, 0.6) is 5.75 Å². The van der Waals surface area contributed by atoms with Crippen molar-refractivity contribution in [3.05, 3.63) is 69.2 Å². The minimum absolute atomic E-state index is 0.263. The highest BCUT2D eigenvalue weighted by Gasteiger charge is 2.11. The van der Waals surface area contributed by atoms with Crippen LogP contribution in [-0.2, 0) is 11.3 Å². The van der Waals surface area contributed by atoms with Gasteiger partial charge in [-0.3, -0.25) is 19.0 Å². The summed E-state index contributed by atoms with van der Waals surface area (Å²) in [5.74, 6) is 0.188. The predicted octanol–water partition coefficient (Wildman–Crippen LogP) is 1.34. The van der Waals surface area contributed by atoms with Crippen molar-refractivity contribution in [2.75, 3.05) is 12.4 Å². The molecule has 7 heteroatoms. The molecule has 2 N–H and O–H groups in total. The average molecular weight is 325 g/mol. The van der Waals surface area contributed by atoms with E-state index in [0.717, 1.165) is 4.57 Å². The van der Waals surface area contributed by atoms with Crippen LogP contribution in [-0.4, -0.2) is 22.6 Å². The Morgan fingerprint density at radius 1 is 1.17 bits per heavy atom. The number of hydrogen-bond donors (Lipinski definition) is 2. The van der Waals surface area contributed by atoms with Gasteiger partial charge in [0.1, 0.15) is 12.3 Å². The van der Waals surface area contributed by atoms with Gasteiger partial charge in [0.2, 0.25) is 5.91 Å². The molecule has 0 aliphatic heterocycles. The number of hydrogen-bond acceptors (Lipinski definition) is 4. The zero-order chi connectivity index (χ0) is 17.1. The van der Waals surface area contributed by atoms with Gasteiger partial charge in [-0.25, -0.2) is 0 Å². The lowest BCUT2D eigenvalue weighted by molar-refractivity contribution is -0.116. The van der Waals surface area contributed by atoms with E-state index < -0.39 is 17.0 Å². The lowest BCUT2D eigenvalue weighted by atomic mass is 10.3. The van der Waals surface area contributed by atoms with Crippen LogP contribution >= 0.6 is 0 Å². The number of nitrogens with zero attached hydrogens (tertiary/aromatic N) is 1. The van der Waals surface area contributed by atoms with Crippen LogP contribution in [0.3, 0.4) is 0 Å². The average Bonchev–Trinajstić information content (AvgIpc) is 2.59. The summed E-state index contributed by atoms with van der Waals surface area (Å²) in [6, 6.07) is 13.7. The minimum atomic E-state index is -0.769. The number of ether oxygens (including phenoxy) is 1. The molecule has 0 aliphatic rings. The van der Waals surface area contributed by atoms with E-state index in [1.165, 1.54) is 7.11 Å². The predicted molar refractivity (Wildman–Crippen MR) is 90.5 cm³/mol. The Bertz CT molecular complexity index is 1020. The summed E-state index contributed by atoms with van der Waals surface area (Å²) in [5, 5.41) is 2.69. The molecule has 0 unspecified atom stereocenters. The van der Waals surface area contributed by atoms with Crippen LogP contribution in [0.2, 0.25) is 0 Å². The maximum absolute atomic E-state index is 12.3. The maximum Gasteiger partial charge on any atom is 0.317 e. The summed E-state index contributed by atoms with van der Waals surface area (Å²) in [7, 11) is 1.53. The van der Waals surface area contributed by atoms with Crippen molar-refractivity contribution in [1.82, 2.24) is 9.55 Å². The summed E-state index contributed by atoms with van der Waals surface area (Å²) in [4.78, 5) is 38.6. The van der Waals surface area contributed by atoms with Crippen LogP contribution in [0.4, 0.5) is 5.69 Å². The number of benzene rings is 2. The molecule has 1 aromatic heterocycles. The second-order valence-corrected chi connectivity index (χ2v) is 5.14. The molecular formula is C17H15N3O4. The first-order valence-electron chi connectivity index (χ1n) is 7.24. The smallest absolute Gasteiger partial charge is 0.317 e. The van der Waals surface area contributed by atoms with Gasteiger partial charge in [0.05, 0.1) is 18.1 Å². The van der Waals surface area contributed by atoms with E-state index in [1.54, 1.807) is 48.5 Å². The van der Waals surface area contributed by atoms with Crippen molar-refractivity contribution in [3.8, 4) is 5.75 Å². The second kappa shape index (κ2) is 6.41. The Labute approximate surface area is 136 Å². The van der Waals surface area contributed by atoms with E-state index in [0.29, 0.717) is 22.5 Å². The zero-order valence-corrected chi connectivity index (χ0v) is 12.9. The van der Waals surface area contributed by atoms with Crippen molar-refractivity contribution in [3.63, 3.8) is 0 Å². The number of aromatic amines is 1. The van der Waals surface area contributed by atoms with Gasteiger partial charge in [0.25, 0.3) is 0 Å². The van der Waals surface area contributed by atoms with Crippen molar-refractivity contribution in [1.29, 1.82) is 0 Å². The third-order valence-corrected chi connectivity index (χ3v) is 3.54. The quantitative estimate of drug-likeness (QED) is 0.708. The van der Waals surface area contributed by atoms with E-state index in [4.69, 9.17) is 4.74 Å². The van der Waals surface area contributed by atoms with Crippen LogP contribution in [0.25, 0.3) is 11.0 Å². The van der Waals surface area contributed by atoms with Gasteiger partial charge in [-0.1, -0.05) is 18.2 Å². The number of aromatic nitrogens is 2. The Morgan fingerprint density at radius 2 is 1.96 bits per heavy atom. The molecule has 1 heterocycles. The molecule has 122 valence electrons. The first-order chi connectivity index (χ1) is 11.6. The summed E-state index contributed by atoms with van der Waals surface area (Å²) < 4.78 is 6.25. The van der Waals surface area contributed by atoms with E-state index in [9.17, 15) is 14.4 Å². The van der Waals surface area contributed by atoms with E-state index in [1.807, 2.05) is 0 Å². The topological polar surface area (TPSA) is 93.2 Å². The summed E-state index contributed by atoms with van der Waals surface area (Å²) in [6.45, 7) is -0.263. The van der Waals surface area contributed by atoms with Gasteiger partial charge >= 0.3 is 11.1 Å². The number of methoxy groups -OCH3 is 1. The molecule has 0 spiro atoms. The first kappa shape index (κ1) is 15.5. The van der Waals surface area contributed by atoms with E-state index >= 15 is 0 Å². The number of H-pyrrole nitrogens is 1. The summed E-state index contributed by atoms with van der Waals surface area (Å²) in [5.41, 5.74) is -0.00177. The molecule has 7 nitrogen and oxygen atoms in total. The molecule has 3 aromatic rings. The van der Waals surface area contributed by atoms with Crippen molar-refractivity contribution >= 4 is 22.6 Å². The van der Waals surface area contributed by atoms with Gasteiger partial charge in [-0.15, -0.1) is 0 Å². The zero-order valence-electron chi connectivity index (χ0n) is 12.9. The SMILES string of the molecule is COc1cccc(NC(=O)Cn2c(=O)c(=O)[nH]c3ccccc32)c1. The highest BCUT2D eigenvalue weighted by molar-refractivity contribution is 5.91. The fraction of sp³-hybridized carbons (Fsp3) is 0.118. The Hall–Kier alpha value is -3.35. The molecule has 24 heavy (non-hydrogen) atoms. The van der Waals surface area contributed by atoms with Gasteiger partial charge in [0, 0.05) is 11.8 Å². The minimum Gasteiger partial charge on any atom is -0.497 e. The highest BCUT2D eigenvalue weighted by Crippen LogP contribution is 2.16. The van der Waals surface area contributed by atoms with Crippen LogP contribution in [0, 0.1) is 0 Å². The molecule has 0 saturated carbocycles. The second-order valence-electron chi connectivity index (χ2n) is 5.14. The normalized spacial score (nSPS) is 10.5. The molecule has 0 bridgehead atoms. The Kier molecular flexibility index (Phi) is 4.15. The number of amides is 1. The Balaban J connectivity index is 1.92. The fourth-order valence-corrected chi connectivity index (χ4v) is 2.42. The number of carbonyl (C=O) groups is 1. The lowest BCUT2D eigenvalue weighted by Crippen LogP contribution is -2.38. The molecular weight excluding hydrogens is 310 g/mol. The standard InChI is InChI=1S/C17H15N3O4/c1-24-12-6-4-5-11(9-12)18-15(21)10-20-14-8-3-2-7-13(14)19-16(22)17(20)23/h2-9H,10H2,1H3,(H,18,21)(H,19,22). The van der Waals surface area contributed by atoms with Crippen molar-refractivity contribution in [2.24, 2.45) is 0 Å². The Morgan fingerprint density at radius 3 is 2.75 bits per heavy atom. The van der Waals surface area contributed by atoms with Gasteiger partial charge in [0.15, 0.2) is 0 Å². The van der Waals surface area contributed by atoms with Gasteiger partial charge < -0.3 is 15.0 Å². The van der Waals surface area contributed by atoms with Crippen LogP contribution in [0.1, 0.15) is 0 Å². The molecule has 3 rings (SSSR count). The van der Waals surface area contributed by atoms with Gasteiger partial charge in [-0.2, -0.15) is 0 Å². The lowest BCUT2D eigenvalue weighted by Gasteiger charge is -2.10. The molecule has 0 atom stereocenters. The summed E-state index contributed by atoms with van der Waals surface area (Å²) >= 11 is 0. The van der Waals surface area contributed by atoms with E-state index in [2.05, 4.69) is 10.3 Å². The molecule has 1 amide bonds. The summed E-state index contributed by atoms with van der Waals surface area (Å²) in [6.07, 6.45) is 0. The number of fused-ring (bicyclic) bond motifs is 1. The highest BCUT2D eigenvalue weighted by atomic mass is 16.5. The largest absolute Gasteiger partial charge is 0.497 e. The third-order valence-electron chi connectivity index (χ3n) is 3.54. The van der Waals surface area contributed by atoms with Crippen LogP contribution in [0.15, 0.2) is 58.1 Å². The molecule has 0 aliphatic carbocycles. The number of carbonyl (C=O) groups excluding carboxylic acids is 1.